The van der Waals surface area contributed by atoms with E-state index in [0.717, 1.165) is 0 Å². The van der Waals surface area contributed by atoms with Crippen molar-refractivity contribution in [2.75, 3.05) is 25.0 Å². The average molecular weight is 332 g/mol. The van der Waals surface area contributed by atoms with E-state index in [0.29, 0.717) is 44.0 Å². The van der Waals surface area contributed by atoms with Crippen molar-refractivity contribution in [2.45, 2.75) is 40.5 Å². The molecule has 1 N–H and O–H groups in total. The first-order valence-electron chi connectivity index (χ1n) is 8.65. The topological polar surface area (TPSA) is 58.6 Å². The van der Waals surface area contributed by atoms with Crippen LogP contribution in [-0.2, 0) is 9.59 Å². The summed E-state index contributed by atoms with van der Waals surface area (Å²) < 4.78 is 5.54. The molecule has 24 heavy (non-hydrogen) atoms. The molecule has 1 fully saturated rings. The minimum Gasteiger partial charge on any atom is -0.492 e. The highest BCUT2D eigenvalue weighted by atomic mass is 16.5. The third-order valence-electron chi connectivity index (χ3n) is 4.24. The molecule has 2 rings (SSSR count). The van der Waals surface area contributed by atoms with E-state index >= 15 is 0 Å². The molecule has 0 bridgehead atoms. The molecule has 132 valence electrons. The maximum Gasteiger partial charge on any atom is 0.227 e. The van der Waals surface area contributed by atoms with Gasteiger partial charge in [0.25, 0.3) is 0 Å². The molecule has 1 aromatic rings. The first kappa shape index (κ1) is 18.3. The Labute approximate surface area is 144 Å². The van der Waals surface area contributed by atoms with Gasteiger partial charge in [0.05, 0.1) is 12.3 Å². The Morgan fingerprint density at radius 3 is 2.42 bits per heavy atom. The lowest BCUT2D eigenvalue weighted by molar-refractivity contribution is -0.142. The largest absolute Gasteiger partial charge is 0.492 e. The highest BCUT2D eigenvalue weighted by Gasteiger charge is 2.32. The van der Waals surface area contributed by atoms with Crippen molar-refractivity contribution in [2.24, 2.45) is 11.3 Å². The van der Waals surface area contributed by atoms with Crippen LogP contribution in [0.4, 0.5) is 5.69 Å². The van der Waals surface area contributed by atoms with Crippen molar-refractivity contribution < 1.29 is 14.3 Å². The number of hydrogen-bond donors (Lipinski definition) is 1. The second kappa shape index (κ2) is 7.69. The molecule has 0 unspecified atom stereocenters. The van der Waals surface area contributed by atoms with Gasteiger partial charge in [-0.1, -0.05) is 32.9 Å². The van der Waals surface area contributed by atoms with Crippen LogP contribution in [0, 0.1) is 11.3 Å². The Morgan fingerprint density at radius 1 is 1.21 bits per heavy atom. The van der Waals surface area contributed by atoms with Gasteiger partial charge in [0.1, 0.15) is 5.75 Å². The first-order chi connectivity index (χ1) is 11.3. The van der Waals surface area contributed by atoms with Gasteiger partial charge >= 0.3 is 0 Å². The molecule has 1 aromatic carbocycles. The maximum atomic E-state index is 12.5. The van der Waals surface area contributed by atoms with Crippen molar-refractivity contribution in [1.29, 1.82) is 0 Å². The molecular formula is C19H28N2O3. The molecule has 0 radical (unpaired) electrons. The van der Waals surface area contributed by atoms with Crippen LogP contribution in [0.25, 0.3) is 0 Å². The van der Waals surface area contributed by atoms with Crippen LogP contribution in [0.2, 0.25) is 0 Å². The third kappa shape index (κ3) is 4.49. The summed E-state index contributed by atoms with van der Waals surface area (Å²) in [5, 5.41) is 2.97. The van der Waals surface area contributed by atoms with Crippen molar-refractivity contribution in [3.63, 3.8) is 0 Å². The molecule has 0 saturated carbocycles. The van der Waals surface area contributed by atoms with Gasteiger partial charge in [-0.05, 0) is 31.9 Å². The maximum absolute atomic E-state index is 12.5. The van der Waals surface area contributed by atoms with Crippen LogP contribution >= 0.6 is 0 Å². The van der Waals surface area contributed by atoms with Crippen LogP contribution < -0.4 is 10.1 Å². The monoisotopic (exact) mass is 332 g/mol. The zero-order valence-corrected chi connectivity index (χ0v) is 15.1. The van der Waals surface area contributed by atoms with Crippen LogP contribution in [0.1, 0.15) is 40.5 Å². The number of benzene rings is 1. The molecule has 5 nitrogen and oxygen atoms in total. The number of likely N-dealkylation sites (tertiary alicyclic amines) is 1. The molecular weight excluding hydrogens is 304 g/mol. The van der Waals surface area contributed by atoms with Crippen molar-refractivity contribution in [3.8, 4) is 5.75 Å². The lowest BCUT2D eigenvalue weighted by Crippen LogP contribution is -2.45. The van der Waals surface area contributed by atoms with Gasteiger partial charge in [0.15, 0.2) is 0 Å². The van der Waals surface area contributed by atoms with Gasteiger partial charge in [0, 0.05) is 24.4 Å². The molecule has 0 aromatic heterocycles. The van der Waals surface area contributed by atoms with E-state index in [1.807, 2.05) is 56.9 Å². The van der Waals surface area contributed by atoms with Gasteiger partial charge < -0.3 is 15.0 Å². The summed E-state index contributed by atoms with van der Waals surface area (Å²) in [5.74, 6) is 0.783. The second-order valence-electron chi connectivity index (χ2n) is 7.23. The minimum atomic E-state index is -0.370. The summed E-state index contributed by atoms with van der Waals surface area (Å²) in [6, 6.07) is 7.46. The van der Waals surface area contributed by atoms with E-state index in [2.05, 4.69) is 5.32 Å². The van der Waals surface area contributed by atoms with Gasteiger partial charge in [-0.25, -0.2) is 0 Å². The number of carbonyl (C=O) groups excluding carboxylic acids is 2. The fourth-order valence-electron chi connectivity index (χ4n) is 2.91. The number of rotatable bonds is 4. The average Bonchev–Trinajstić information content (AvgIpc) is 2.55. The van der Waals surface area contributed by atoms with Crippen LogP contribution in [0.5, 0.6) is 5.75 Å². The smallest absolute Gasteiger partial charge is 0.227 e. The van der Waals surface area contributed by atoms with Crippen LogP contribution in [-0.4, -0.2) is 36.4 Å². The number of carbonyl (C=O) groups is 2. The molecule has 0 spiro atoms. The van der Waals surface area contributed by atoms with Gasteiger partial charge in [0.2, 0.25) is 11.8 Å². The Hall–Kier alpha value is -2.04. The molecule has 2 amide bonds. The van der Waals surface area contributed by atoms with E-state index in [-0.39, 0.29) is 23.1 Å². The number of para-hydroxylation sites is 2. The summed E-state index contributed by atoms with van der Waals surface area (Å²) in [6.45, 7) is 9.54. The first-order valence-corrected chi connectivity index (χ1v) is 8.65. The predicted molar refractivity (Wildman–Crippen MR) is 95.0 cm³/mol. The zero-order chi connectivity index (χ0) is 17.7. The number of amides is 2. The molecule has 1 heterocycles. The van der Waals surface area contributed by atoms with Gasteiger partial charge in [-0.2, -0.15) is 0 Å². The van der Waals surface area contributed by atoms with Crippen molar-refractivity contribution in [1.82, 2.24) is 4.90 Å². The van der Waals surface area contributed by atoms with E-state index in [9.17, 15) is 9.59 Å². The SMILES string of the molecule is CCOc1ccccc1NC(=O)C1CCN(C(=O)C(C)(C)C)CC1. The summed E-state index contributed by atoms with van der Waals surface area (Å²) in [5.41, 5.74) is 0.337. The van der Waals surface area contributed by atoms with Gasteiger partial charge in [-0.15, -0.1) is 0 Å². The van der Waals surface area contributed by atoms with Gasteiger partial charge in [-0.3, -0.25) is 9.59 Å². The van der Waals surface area contributed by atoms with Crippen LogP contribution in [0.15, 0.2) is 24.3 Å². The quantitative estimate of drug-likeness (QED) is 0.920. The normalized spacial score (nSPS) is 15.9. The lowest BCUT2D eigenvalue weighted by atomic mass is 9.90. The number of piperidine rings is 1. The van der Waals surface area contributed by atoms with E-state index in [1.165, 1.54) is 0 Å². The van der Waals surface area contributed by atoms with E-state index in [1.54, 1.807) is 0 Å². The number of hydrogen-bond acceptors (Lipinski definition) is 3. The predicted octanol–water partition coefficient (Wildman–Crippen LogP) is 3.31. The number of anilines is 1. The summed E-state index contributed by atoms with van der Waals surface area (Å²) in [7, 11) is 0. The van der Waals surface area contributed by atoms with E-state index < -0.39 is 0 Å². The molecule has 0 aliphatic carbocycles. The summed E-state index contributed by atoms with van der Waals surface area (Å²) in [6.07, 6.45) is 1.40. The molecule has 1 aliphatic heterocycles. The molecule has 5 heteroatoms. The Balaban J connectivity index is 1.93. The summed E-state index contributed by atoms with van der Waals surface area (Å²) >= 11 is 0. The lowest BCUT2D eigenvalue weighted by Gasteiger charge is -2.35. The summed E-state index contributed by atoms with van der Waals surface area (Å²) in [4.78, 5) is 26.7. The standard InChI is InChI=1S/C19H28N2O3/c1-5-24-16-9-7-6-8-15(16)20-17(22)14-10-12-21(13-11-14)18(23)19(2,3)4/h6-9,14H,5,10-13H2,1-4H3,(H,20,22). The number of nitrogens with one attached hydrogen (secondary N) is 1. The molecule has 1 aliphatic rings. The fraction of sp³-hybridized carbons (Fsp3) is 0.579. The van der Waals surface area contributed by atoms with E-state index in [4.69, 9.17) is 4.74 Å². The highest BCUT2D eigenvalue weighted by molar-refractivity contribution is 5.94. The minimum absolute atomic E-state index is 0.00464. The van der Waals surface area contributed by atoms with Crippen LogP contribution in [0.3, 0.4) is 0 Å². The van der Waals surface area contributed by atoms with Crippen molar-refractivity contribution >= 4 is 17.5 Å². The Kier molecular flexibility index (Phi) is 5.86. The Morgan fingerprint density at radius 2 is 1.83 bits per heavy atom. The molecule has 1 saturated heterocycles. The van der Waals surface area contributed by atoms with Crippen molar-refractivity contribution in [3.05, 3.63) is 24.3 Å². The number of nitrogens with zero attached hydrogens (tertiary/aromatic N) is 1. The highest BCUT2D eigenvalue weighted by Crippen LogP contribution is 2.27. The Bertz CT molecular complexity index is 585. The zero-order valence-electron chi connectivity index (χ0n) is 15.1. The fourth-order valence-corrected chi connectivity index (χ4v) is 2.91. The molecule has 0 atom stereocenters. The third-order valence-corrected chi connectivity index (χ3v) is 4.24. The number of ether oxygens (including phenoxy) is 1. The second-order valence-corrected chi connectivity index (χ2v) is 7.23.